The number of aromatic carboxylic acids is 1. The lowest BCUT2D eigenvalue weighted by molar-refractivity contribution is 0.0689. The monoisotopic (exact) mass is 276 g/mol. The molecule has 0 radical (unpaired) electrons. The molecule has 0 spiro atoms. The van der Waals surface area contributed by atoms with Crippen molar-refractivity contribution in [1.82, 2.24) is 20.0 Å². The highest BCUT2D eigenvalue weighted by Gasteiger charge is 2.17. The van der Waals surface area contributed by atoms with Gasteiger partial charge in [-0.1, -0.05) is 12.1 Å². The van der Waals surface area contributed by atoms with Crippen LogP contribution in [-0.2, 0) is 13.0 Å². The fraction of sp³-hybridized carbons (Fsp3) is 0.385. The fourth-order valence-electron chi connectivity index (χ4n) is 2.03. The number of aryl methyl sites for hydroxylation is 1. The Balaban J connectivity index is 2.35. The lowest BCUT2D eigenvalue weighted by Crippen LogP contribution is -2.10. The van der Waals surface area contributed by atoms with Crippen molar-refractivity contribution < 1.29 is 14.6 Å². The molecule has 0 aliphatic heterocycles. The summed E-state index contributed by atoms with van der Waals surface area (Å²) in [5, 5.41) is 16.6. The molecule has 2 heterocycles. The van der Waals surface area contributed by atoms with Gasteiger partial charge in [-0.2, -0.15) is 0 Å². The molecule has 0 amide bonds. The zero-order chi connectivity index (χ0) is 14.7. The second kappa shape index (κ2) is 5.68. The Labute approximate surface area is 116 Å². The van der Waals surface area contributed by atoms with E-state index in [2.05, 4.69) is 15.3 Å². The van der Waals surface area contributed by atoms with Crippen molar-refractivity contribution in [2.45, 2.75) is 26.8 Å². The zero-order valence-corrected chi connectivity index (χ0v) is 11.6. The van der Waals surface area contributed by atoms with Gasteiger partial charge in [-0.15, -0.1) is 5.10 Å². The van der Waals surface area contributed by atoms with Crippen LogP contribution in [0.5, 0.6) is 5.75 Å². The summed E-state index contributed by atoms with van der Waals surface area (Å²) in [6.07, 6.45) is 0.539. The van der Waals surface area contributed by atoms with Crippen molar-refractivity contribution in [3.05, 3.63) is 34.9 Å². The Morgan fingerprint density at radius 1 is 1.45 bits per heavy atom. The molecule has 0 aliphatic rings. The first-order valence-corrected chi connectivity index (χ1v) is 6.22. The Bertz CT molecular complexity index is 637. The normalized spacial score (nSPS) is 10.6. The minimum atomic E-state index is -1.07. The van der Waals surface area contributed by atoms with Gasteiger partial charge in [0.1, 0.15) is 5.75 Å². The number of hydrogen-bond donors (Lipinski definition) is 1. The molecule has 7 heteroatoms. The van der Waals surface area contributed by atoms with E-state index in [9.17, 15) is 4.79 Å². The predicted octanol–water partition coefficient (Wildman–Crippen LogP) is 1.30. The molecule has 0 saturated carbocycles. The molecule has 2 rings (SSSR count). The number of hydrogen-bond acceptors (Lipinski definition) is 5. The van der Waals surface area contributed by atoms with Gasteiger partial charge in [0.2, 0.25) is 0 Å². The van der Waals surface area contributed by atoms with Gasteiger partial charge >= 0.3 is 5.97 Å². The molecule has 2 aromatic heterocycles. The van der Waals surface area contributed by atoms with Crippen LogP contribution < -0.4 is 4.74 Å². The molecule has 106 valence electrons. The van der Waals surface area contributed by atoms with Gasteiger partial charge < -0.3 is 9.84 Å². The van der Waals surface area contributed by atoms with Crippen molar-refractivity contribution in [3.8, 4) is 5.75 Å². The van der Waals surface area contributed by atoms with Gasteiger partial charge in [0.15, 0.2) is 5.69 Å². The van der Waals surface area contributed by atoms with Crippen LogP contribution in [0.1, 0.15) is 34.5 Å². The molecule has 0 saturated heterocycles. The van der Waals surface area contributed by atoms with E-state index in [1.54, 1.807) is 17.9 Å². The summed E-state index contributed by atoms with van der Waals surface area (Å²) in [4.78, 5) is 15.4. The van der Waals surface area contributed by atoms with Crippen molar-refractivity contribution in [1.29, 1.82) is 0 Å². The maximum atomic E-state index is 11.0. The molecule has 0 unspecified atom stereocenters. The summed E-state index contributed by atoms with van der Waals surface area (Å²) in [6, 6.07) is 3.63. The summed E-state index contributed by atoms with van der Waals surface area (Å²) in [5.41, 5.74) is 2.15. The molecule has 20 heavy (non-hydrogen) atoms. The average Bonchev–Trinajstić information content (AvgIpc) is 2.80. The maximum Gasteiger partial charge on any atom is 0.358 e. The van der Waals surface area contributed by atoms with Crippen LogP contribution in [-0.4, -0.2) is 38.2 Å². The van der Waals surface area contributed by atoms with Crippen LogP contribution >= 0.6 is 0 Å². The molecule has 0 aliphatic carbocycles. The summed E-state index contributed by atoms with van der Waals surface area (Å²) in [6.45, 7) is 4.10. The molecule has 0 atom stereocenters. The zero-order valence-electron chi connectivity index (χ0n) is 11.6. The highest BCUT2D eigenvalue weighted by Crippen LogP contribution is 2.15. The Hall–Kier alpha value is -2.44. The summed E-state index contributed by atoms with van der Waals surface area (Å²) in [7, 11) is 1.59. The summed E-state index contributed by atoms with van der Waals surface area (Å²) < 4.78 is 6.75. The van der Waals surface area contributed by atoms with Gasteiger partial charge in [-0.3, -0.25) is 4.98 Å². The molecule has 0 aromatic carbocycles. The first-order chi connectivity index (χ1) is 9.55. The summed E-state index contributed by atoms with van der Waals surface area (Å²) >= 11 is 0. The van der Waals surface area contributed by atoms with Gasteiger partial charge in [0, 0.05) is 17.8 Å². The standard InChI is InChI=1S/C13H16N4O3/c1-4-11-12(13(18)19)15-16-17(11)7-9-6-10(20-3)5-8(2)14-9/h5-6H,4,7H2,1-3H3,(H,18,19). The van der Waals surface area contributed by atoms with Crippen LogP contribution in [0.25, 0.3) is 0 Å². The average molecular weight is 276 g/mol. The molecule has 0 bridgehead atoms. The number of carboxylic acid groups (broad SMARTS) is 1. The van der Waals surface area contributed by atoms with Crippen LogP contribution in [0, 0.1) is 6.92 Å². The highest BCUT2D eigenvalue weighted by molar-refractivity contribution is 5.86. The number of carboxylic acids is 1. The van der Waals surface area contributed by atoms with Crippen molar-refractivity contribution in [2.75, 3.05) is 7.11 Å². The first-order valence-electron chi connectivity index (χ1n) is 6.22. The van der Waals surface area contributed by atoms with E-state index in [0.717, 1.165) is 11.4 Å². The summed E-state index contributed by atoms with van der Waals surface area (Å²) in [5.74, 6) is -0.355. The lowest BCUT2D eigenvalue weighted by atomic mass is 10.2. The van der Waals surface area contributed by atoms with Crippen LogP contribution in [0.4, 0.5) is 0 Å². The van der Waals surface area contributed by atoms with Gasteiger partial charge in [0.05, 0.1) is 25.0 Å². The van der Waals surface area contributed by atoms with Crippen molar-refractivity contribution in [3.63, 3.8) is 0 Å². The quantitative estimate of drug-likeness (QED) is 0.885. The molecule has 1 N–H and O–H groups in total. The first kappa shape index (κ1) is 14.0. The number of carbonyl (C=O) groups is 1. The SMILES string of the molecule is CCc1c(C(=O)O)nnn1Cc1cc(OC)cc(C)n1. The minimum absolute atomic E-state index is 0.00730. The van der Waals surface area contributed by atoms with E-state index in [1.807, 2.05) is 19.9 Å². The number of nitrogens with zero attached hydrogens (tertiary/aromatic N) is 4. The molecular weight excluding hydrogens is 260 g/mol. The van der Waals surface area contributed by atoms with E-state index >= 15 is 0 Å². The minimum Gasteiger partial charge on any atom is -0.497 e. The van der Waals surface area contributed by atoms with Crippen molar-refractivity contribution >= 4 is 5.97 Å². The smallest absolute Gasteiger partial charge is 0.358 e. The van der Waals surface area contributed by atoms with E-state index < -0.39 is 5.97 Å². The Kier molecular flexibility index (Phi) is 3.97. The van der Waals surface area contributed by atoms with Gasteiger partial charge in [0.25, 0.3) is 0 Å². The second-order valence-corrected chi connectivity index (χ2v) is 4.34. The number of ether oxygens (including phenoxy) is 1. The van der Waals surface area contributed by atoms with E-state index in [4.69, 9.17) is 9.84 Å². The maximum absolute atomic E-state index is 11.0. The fourth-order valence-corrected chi connectivity index (χ4v) is 2.03. The van der Waals surface area contributed by atoms with Crippen LogP contribution in [0.3, 0.4) is 0 Å². The van der Waals surface area contributed by atoms with E-state index in [-0.39, 0.29) is 5.69 Å². The molecular formula is C13H16N4O3. The van der Waals surface area contributed by atoms with E-state index in [1.165, 1.54) is 0 Å². The van der Waals surface area contributed by atoms with Crippen LogP contribution in [0.2, 0.25) is 0 Å². The topological polar surface area (TPSA) is 90.1 Å². The number of methoxy groups -OCH3 is 1. The Morgan fingerprint density at radius 2 is 2.20 bits per heavy atom. The van der Waals surface area contributed by atoms with Crippen molar-refractivity contribution in [2.24, 2.45) is 0 Å². The second-order valence-electron chi connectivity index (χ2n) is 4.34. The lowest BCUT2D eigenvalue weighted by Gasteiger charge is -2.08. The van der Waals surface area contributed by atoms with Gasteiger partial charge in [-0.25, -0.2) is 9.48 Å². The number of aromatic nitrogens is 4. The third-order valence-corrected chi connectivity index (χ3v) is 2.90. The third-order valence-electron chi connectivity index (χ3n) is 2.90. The molecule has 0 fully saturated rings. The third kappa shape index (κ3) is 2.76. The largest absolute Gasteiger partial charge is 0.497 e. The highest BCUT2D eigenvalue weighted by atomic mass is 16.5. The molecule has 7 nitrogen and oxygen atoms in total. The van der Waals surface area contributed by atoms with E-state index in [0.29, 0.717) is 24.4 Å². The number of rotatable bonds is 5. The Morgan fingerprint density at radius 3 is 2.80 bits per heavy atom. The van der Waals surface area contributed by atoms with Crippen LogP contribution in [0.15, 0.2) is 12.1 Å². The number of pyridine rings is 1. The molecule has 2 aromatic rings. The predicted molar refractivity (Wildman–Crippen MR) is 71.0 cm³/mol. The van der Waals surface area contributed by atoms with Gasteiger partial charge in [-0.05, 0) is 13.3 Å².